The molecular weight excluding hydrogens is 584 g/mol. The third-order valence-corrected chi connectivity index (χ3v) is 7.98. The number of nitrogens with one attached hydrogen (secondary N) is 1. The second-order valence-electron chi connectivity index (χ2n) is 9.91. The fraction of sp³-hybridized carbons (Fsp3) is 0.423. The minimum absolute atomic E-state index is 0.0263. The van der Waals surface area contributed by atoms with Crippen LogP contribution in [0.5, 0.6) is 5.75 Å². The van der Waals surface area contributed by atoms with E-state index in [4.69, 9.17) is 24.3 Å². The van der Waals surface area contributed by atoms with Gasteiger partial charge in [0.15, 0.2) is 18.0 Å². The number of aliphatic hydroxyl groups is 1. The number of rotatable bonds is 11. The van der Waals surface area contributed by atoms with Gasteiger partial charge in [-0.2, -0.15) is 10.1 Å². The Hall–Kier alpha value is -3.49. The normalized spacial score (nSPS) is 24.5. The Labute approximate surface area is 238 Å². The highest BCUT2D eigenvalue weighted by molar-refractivity contribution is 7.52. The molecule has 3 aromatic rings. The molecule has 0 radical (unpaired) electrons. The van der Waals surface area contributed by atoms with Gasteiger partial charge in [0.05, 0.1) is 12.7 Å². The van der Waals surface area contributed by atoms with E-state index in [1.165, 1.54) is 19.1 Å². The predicted molar refractivity (Wildman–Crippen MR) is 145 cm³/mol. The third-order valence-electron chi connectivity index (χ3n) is 6.36. The first-order chi connectivity index (χ1) is 19.7. The van der Waals surface area contributed by atoms with Crippen molar-refractivity contribution in [2.75, 3.05) is 12.3 Å². The summed E-state index contributed by atoms with van der Waals surface area (Å²) >= 11 is 0. The first-order valence-corrected chi connectivity index (χ1v) is 14.3. The number of aliphatic hydroxyl groups excluding tert-OH is 1. The molecule has 2 aromatic carbocycles. The Bertz CT molecular complexity index is 1540. The SMILES string of the molecule is CC(C)OC(=O)[C@H](C)NP(=O)(OC[C@@]1(C(F)F)O[C@@H](n2ccc(N)nc2=O)[C@H](O)[C@@H]1F)Oc1ccc2ccccc2c1. The van der Waals surface area contributed by atoms with Gasteiger partial charge in [-0.25, -0.2) is 22.5 Å². The van der Waals surface area contributed by atoms with Gasteiger partial charge in [-0.3, -0.25) is 13.9 Å². The number of carbonyl (C=O) groups is 1. The summed E-state index contributed by atoms with van der Waals surface area (Å²) in [6, 6.07) is 11.5. The number of esters is 1. The van der Waals surface area contributed by atoms with Crippen LogP contribution in [-0.2, 0) is 23.4 Å². The molecule has 16 heteroatoms. The van der Waals surface area contributed by atoms with Crippen molar-refractivity contribution < 1.29 is 46.2 Å². The molecule has 0 aliphatic carbocycles. The molecule has 2 heterocycles. The molecule has 0 spiro atoms. The molecule has 0 amide bonds. The Morgan fingerprint density at radius 3 is 2.55 bits per heavy atom. The van der Waals surface area contributed by atoms with Crippen LogP contribution in [-0.4, -0.2) is 63.7 Å². The van der Waals surface area contributed by atoms with Gasteiger partial charge < -0.3 is 24.8 Å². The lowest BCUT2D eigenvalue weighted by molar-refractivity contribution is -0.183. The number of hydrogen-bond donors (Lipinski definition) is 3. The predicted octanol–water partition coefficient (Wildman–Crippen LogP) is 3.34. The fourth-order valence-corrected chi connectivity index (χ4v) is 5.77. The van der Waals surface area contributed by atoms with E-state index < -0.39 is 68.7 Å². The summed E-state index contributed by atoms with van der Waals surface area (Å²) in [5.41, 5.74) is 1.13. The van der Waals surface area contributed by atoms with Crippen LogP contribution >= 0.6 is 7.75 Å². The van der Waals surface area contributed by atoms with Gasteiger partial charge in [0.2, 0.25) is 0 Å². The van der Waals surface area contributed by atoms with E-state index in [1.807, 2.05) is 6.07 Å². The molecule has 0 bridgehead atoms. The molecule has 12 nitrogen and oxygen atoms in total. The summed E-state index contributed by atoms with van der Waals surface area (Å²) < 4.78 is 80.1. The Morgan fingerprint density at radius 1 is 1.21 bits per heavy atom. The number of nitrogens with zero attached hydrogens (tertiary/aromatic N) is 2. The van der Waals surface area contributed by atoms with Crippen LogP contribution in [0.25, 0.3) is 10.8 Å². The minimum Gasteiger partial charge on any atom is -0.462 e. The van der Waals surface area contributed by atoms with E-state index in [1.54, 1.807) is 38.1 Å². The Balaban J connectivity index is 1.65. The van der Waals surface area contributed by atoms with E-state index in [9.17, 15) is 28.0 Å². The number of halogens is 3. The van der Waals surface area contributed by atoms with Crippen LogP contribution in [0.3, 0.4) is 0 Å². The van der Waals surface area contributed by atoms with Crippen LogP contribution in [0.1, 0.15) is 27.0 Å². The van der Waals surface area contributed by atoms with Gasteiger partial charge in [0, 0.05) is 6.20 Å². The third kappa shape index (κ3) is 6.60. The van der Waals surface area contributed by atoms with Crippen molar-refractivity contribution in [2.45, 2.75) is 63.4 Å². The fourth-order valence-electron chi connectivity index (χ4n) is 4.25. The number of hydrogen-bond acceptors (Lipinski definition) is 10. The average molecular weight is 615 g/mol. The van der Waals surface area contributed by atoms with E-state index in [0.29, 0.717) is 9.95 Å². The number of nitrogen functional groups attached to an aromatic ring is 1. The topological polar surface area (TPSA) is 164 Å². The molecule has 42 heavy (non-hydrogen) atoms. The largest absolute Gasteiger partial charge is 0.462 e. The second kappa shape index (κ2) is 12.4. The number of alkyl halides is 3. The molecule has 6 atom stereocenters. The number of aromatic nitrogens is 2. The zero-order valence-corrected chi connectivity index (χ0v) is 23.6. The first-order valence-electron chi connectivity index (χ1n) is 12.8. The van der Waals surface area contributed by atoms with Crippen molar-refractivity contribution in [3.8, 4) is 5.75 Å². The average Bonchev–Trinajstić information content (AvgIpc) is 3.17. The van der Waals surface area contributed by atoms with E-state index in [-0.39, 0.29) is 11.6 Å². The molecule has 1 aliphatic heterocycles. The second-order valence-corrected chi connectivity index (χ2v) is 11.6. The van der Waals surface area contributed by atoms with Crippen molar-refractivity contribution in [1.29, 1.82) is 0 Å². The maximum atomic E-state index is 15.4. The number of ether oxygens (including phenoxy) is 2. The summed E-state index contributed by atoms with van der Waals surface area (Å²) in [6.45, 7) is 3.01. The van der Waals surface area contributed by atoms with Gasteiger partial charge in [-0.15, -0.1) is 0 Å². The van der Waals surface area contributed by atoms with Crippen LogP contribution in [0.2, 0.25) is 0 Å². The number of anilines is 1. The van der Waals surface area contributed by atoms with Crippen molar-refractivity contribution in [1.82, 2.24) is 14.6 Å². The van der Waals surface area contributed by atoms with Crippen molar-refractivity contribution >= 4 is 30.3 Å². The van der Waals surface area contributed by atoms with Crippen LogP contribution in [0.4, 0.5) is 19.0 Å². The zero-order chi connectivity index (χ0) is 30.8. The summed E-state index contributed by atoms with van der Waals surface area (Å²) in [5.74, 6) is -1.08. The number of carbonyl (C=O) groups excluding carboxylic acids is 1. The van der Waals surface area contributed by atoms with Crippen LogP contribution in [0, 0.1) is 0 Å². The van der Waals surface area contributed by atoms with E-state index >= 15 is 4.39 Å². The quantitative estimate of drug-likeness (QED) is 0.214. The van der Waals surface area contributed by atoms with Gasteiger partial charge in [-0.05, 0) is 49.7 Å². The molecule has 1 saturated heterocycles. The molecule has 1 aliphatic rings. The van der Waals surface area contributed by atoms with Crippen molar-refractivity contribution in [3.63, 3.8) is 0 Å². The number of benzene rings is 2. The van der Waals surface area contributed by atoms with Gasteiger partial charge in [0.25, 0.3) is 6.43 Å². The standard InChI is InChI=1S/C26H30F3N4O8P/c1-14(2)39-23(35)15(3)32-42(37,41-18-9-8-16-6-4-5-7-17(16)12-18)38-13-26(24(28)29)21(27)20(34)22(40-26)33-11-10-19(30)31-25(33)36/h4-12,14-15,20-22,24,34H,13H2,1-3H3,(H,32,37)(H2,30,31,36)/t15-,20+,21-,22+,26+,42?/m0/s1. The van der Waals surface area contributed by atoms with Gasteiger partial charge >= 0.3 is 19.4 Å². The summed E-state index contributed by atoms with van der Waals surface area (Å²) in [7, 11) is -4.77. The molecule has 0 saturated carbocycles. The van der Waals surface area contributed by atoms with Crippen LogP contribution in [0.15, 0.2) is 59.5 Å². The van der Waals surface area contributed by atoms with E-state index in [2.05, 4.69) is 10.1 Å². The highest BCUT2D eigenvalue weighted by Gasteiger charge is 2.63. The number of nitrogens with two attached hydrogens (primary N) is 1. The summed E-state index contributed by atoms with van der Waals surface area (Å²) in [4.78, 5) is 28.1. The lowest BCUT2D eigenvalue weighted by Gasteiger charge is -2.31. The maximum Gasteiger partial charge on any atom is 0.459 e. The Kier molecular flexibility index (Phi) is 9.28. The number of fused-ring (bicyclic) bond motifs is 1. The van der Waals surface area contributed by atoms with Gasteiger partial charge in [0.1, 0.15) is 23.7 Å². The monoisotopic (exact) mass is 614 g/mol. The molecule has 4 rings (SSSR count). The van der Waals surface area contributed by atoms with Gasteiger partial charge in [-0.1, -0.05) is 30.3 Å². The first kappa shape index (κ1) is 31.4. The smallest absolute Gasteiger partial charge is 0.459 e. The lowest BCUT2D eigenvalue weighted by atomic mass is 9.98. The van der Waals surface area contributed by atoms with Crippen LogP contribution < -0.4 is 21.0 Å². The summed E-state index contributed by atoms with van der Waals surface area (Å²) in [5, 5.41) is 14.3. The summed E-state index contributed by atoms with van der Waals surface area (Å²) in [6.07, 6.45) is -10.3. The van der Waals surface area contributed by atoms with E-state index in [0.717, 1.165) is 17.6 Å². The minimum atomic E-state index is -4.77. The molecule has 4 N–H and O–H groups in total. The zero-order valence-electron chi connectivity index (χ0n) is 22.7. The molecular formula is C26H30F3N4O8P. The Morgan fingerprint density at radius 2 is 1.90 bits per heavy atom. The molecule has 1 fully saturated rings. The molecule has 228 valence electrons. The molecule has 1 aromatic heterocycles. The van der Waals surface area contributed by atoms with Crippen molar-refractivity contribution in [3.05, 3.63) is 65.2 Å². The van der Waals surface area contributed by atoms with Crippen molar-refractivity contribution in [2.24, 2.45) is 0 Å². The maximum absolute atomic E-state index is 15.4. The molecule has 1 unspecified atom stereocenters. The highest BCUT2D eigenvalue weighted by Crippen LogP contribution is 2.50. The lowest BCUT2D eigenvalue weighted by Crippen LogP contribution is -2.51. The highest BCUT2D eigenvalue weighted by atomic mass is 31.2.